The van der Waals surface area contributed by atoms with Crippen LogP contribution in [-0.4, -0.2) is 17.1 Å². The summed E-state index contributed by atoms with van der Waals surface area (Å²) in [5.41, 5.74) is 0.722. The van der Waals surface area contributed by atoms with Crippen LogP contribution >= 0.6 is 27.3 Å². The van der Waals surface area contributed by atoms with Crippen molar-refractivity contribution < 1.29 is 14.7 Å². The minimum Gasteiger partial charge on any atom is -0.478 e. The lowest BCUT2D eigenvalue weighted by Crippen LogP contribution is -2.27. The number of hydrogen-bond acceptors (Lipinski definition) is 3. The van der Waals surface area contributed by atoms with Gasteiger partial charge in [0.25, 0.3) is 0 Å². The van der Waals surface area contributed by atoms with Crippen LogP contribution in [0.15, 0.2) is 40.2 Å². The van der Waals surface area contributed by atoms with E-state index in [1.165, 1.54) is 12.1 Å². The predicted molar refractivity (Wildman–Crippen MR) is 81.3 cm³/mol. The number of carboxylic acid groups (broad SMARTS) is 1. The van der Waals surface area contributed by atoms with Gasteiger partial charge in [-0.05, 0) is 46.3 Å². The molecule has 0 spiro atoms. The van der Waals surface area contributed by atoms with Gasteiger partial charge in [-0.25, -0.2) is 9.59 Å². The van der Waals surface area contributed by atoms with Crippen molar-refractivity contribution in [1.82, 2.24) is 5.32 Å². The average Bonchev–Trinajstić information content (AvgIpc) is 2.83. The average molecular weight is 355 g/mol. The number of nitrogens with one attached hydrogen (secondary N) is 2. The van der Waals surface area contributed by atoms with E-state index in [0.717, 1.165) is 9.35 Å². The van der Waals surface area contributed by atoms with Crippen molar-refractivity contribution in [2.75, 3.05) is 5.32 Å². The van der Waals surface area contributed by atoms with Crippen LogP contribution in [0.1, 0.15) is 15.2 Å². The van der Waals surface area contributed by atoms with E-state index in [9.17, 15) is 9.59 Å². The standard InChI is InChI=1S/C13H11BrN2O3S/c14-9-5-11(20-7-9)6-15-13(19)16-10-3-1-8(2-4-10)12(17)18/h1-5,7H,6H2,(H,17,18)(H2,15,16,19). The molecular formula is C13H11BrN2O3S. The summed E-state index contributed by atoms with van der Waals surface area (Å²) in [5.74, 6) is -0.996. The maximum atomic E-state index is 11.7. The van der Waals surface area contributed by atoms with Gasteiger partial charge >= 0.3 is 12.0 Å². The second kappa shape index (κ2) is 6.53. The number of rotatable bonds is 4. The van der Waals surface area contributed by atoms with E-state index < -0.39 is 5.97 Å². The number of halogens is 1. The molecule has 0 aliphatic carbocycles. The number of carbonyl (C=O) groups excluding carboxylic acids is 1. The van der Waals surface area contributed by atoms with Crippen LogP contribution in [0.4, 0.5) is 10.5 Å². The third-order valence-corrected chi connectivity index (χ3v) is 4.13. The van der Waals surface area contributed by atoms with Gasteiger partial charge in [0, 0.05) is 20.4 Å². The van der Waals surface area contributed by atoms with Crippen LogP contribution < -0.4 is 10.6 Å². The number of aromatic carboxylic acids is 1. The Morgan fingerprint density at radius 2 is 1.95 bits per heavy atom. The second-order valence-corrected chi connectivity index (χ2v) is 5.83. The number of anilines is 1. The fourth-order valence-electron chi connectivity index (χ4n) is 1.49. The summed E-state index contributed by atoms with van der Waals surface area (Å²) in [6, 6.07) is 7.57. The Morgan fingerprint density at radius 3 is 2.50 bits per heavy atom. The molecule has 2 amide bonds. The summed E-state index contributed by atoms with van der Waals surface area (Å²) < 4.78 is 0.990. The number of benzene rings is 1. The van der Waals surface area contributed by atoms with E-state index >= 15 is 0 Å². The van der Waals surface area contributed by atoms with Crippen molar-refractivity contribution in [3.63, 3.8) is 0 Å². The van der Waals surface area contributed by atoms with Gasteiger partial charge in [-0.2, -0.15) is 0 Å². The first-order valence-corrected chi connectivity index (χ1v) is 7.33. The smallest absolute Gasteiger partial charge is 0.335 e. The monoisotopic (exact) mass is 354 g/mol. The van der Waals surface area contributed by atoms with E-state index in [1.807, 2.05) is 11.4 Å². The van der Waals surface area contributed by atoms with Gasteiger partial charge in [0.1, 0.15) is 0 Å². The Bertz CT molecular complexity index is 625. The second-order valence-electron chi connectivity index (χ2n) is 3.92. The lowest BCUT2D eigenvalue weighted by molar-refractivity contribution is 0.0697. The molecule has 3 N–H and O–H groups in total. The molecule has 0 saturated carbocycles. The molecular weight excluding hydrogens is 344 g/mol. The minimum absolute atomic E-state index is 0.180. The molecule has 1 aromatic heterocycles. The van der Waals surface area contributed by atoms with Gasteiger partial charge in [0.05, 0.1) is 12.1 Å². The number of hydrogen-bond donors (Lipinski definition) is 3. The van der Waals surface area contributed by atoms with Gasteiger partial charge in [0.2, 0.25) is 0 Å². The first-order valence-electron chi connectivity index (χ1n) is 5.66. The van der Waals surface area contributed by atoms with Gasteiger partial charge in [-0.1, -0.05) is 0 Å². The Labute approximate surface area is 127 Å². The molecule has 0 radical (unpaired) electrons. The highest BCUT2D eigenvalue weighted by Gasteiger charge is 2.05. The zero-order chi connectivity index (χ0) is 14.5. The highest BCUT2D eigenvalue weighted by Crippen LogP contribution is 2.19. The molecule has 2 aromatic rings. The molecule has 1 heterocycles. The highest BCUT2D eigenvalue weighted by molar-refractivity contribution is 9.10. The fraction of sp³-hybridized carbons (Fsp3) is 0.0769. The normalized spacial score (nSPS) is 10.1. The zero-order valence-corrected chi connectivity index (χ0v) is 12.6. The molecule has 20 heavy (non-hydrogen) atoms. The van der Waals surface area contributed by atoms with Crippen molar-refractivity contribution >= 4 is 45.0 Å². The fourth-order valence-corrected chi connectivity index (χ4v) is 2.88. The highest BCUT2D eigenvalue weighted by atomic mass is 79.9. The van der Waals surface area contributed by atoms with Gasteiger partial charge in [0.15, 0.2) is 0 Å². The first kappa shape index (κ1) is 14.5. The molecule has 0 unspecified atom stereocenters. The van der Waals surface area contributed by atoms with E-state index in [1.54, 1.807) is 23.5 Å². The van der Waals surface area contributed by atoms with Crippen LogP contribution in [0.5, 0.6) is 0 Å². The van der Waals surface area contributed by atoms with Crippen molar-refractivity contribution in [2.24, 2.45) is 0 Å². The summed E-state index contributed by atoms with van der Waals surface area (Å²) >= 11 is 4.89. The summed E-state index contributed by atoms with van der Waals surface area (Å²) in [4.78, 5) is 23.4. The summed E-state index contributed by atoms with van der Waals surface area (Å²) in [7, 11) is 0. The van der Waals surface area contributed by atoms with E-state index in [2.05, 4.69) is 26.6 Å². The van der Waals surface area contributed by atoms with Gasteiger partial charge in [-0.3, -0.25) is 0 Å². The van der Waals surface area contributed by atoms with Crippen molar-refractivity contribution in [3.05, 3.63) is 50.6 Å². The number of thiophene rings is 1. The Morgan fingerprint density at radius 1 is 1.25 bits per heavy atom. The molecule has 1 aromatic carbocycles. The van der Waals surface area contributed by atoms with Gasteiger partial charge < -0.3 is 15.7 Å². The number of carbonyl (C=O) groups is 2. The van der Waals surface area contributed by atoms with E-state index in [-0.39, 0.29) is 11.6 Å². The topological polar surface area (TPSA) is 78.4 Å². The molecule has 0 aliphatic rings. The van der Waals surface area contributed by atoms with Crippen LogP contribution in [0.3, 0.4) is 0 Å². The number of urea groups is 1. The molecule has 0 bridgehead atoms. The molecule has 104 valence electrons. The largest absolute Gasteiger partial charge is 0.478 e. The summed E-state index contributed by atoms with van der Waals surface area (Å²) in [6.45, 7) is 0.440. The van der Waals surface area contributed by atoms with Crippen LogP contribution in [0, 0.1) is 0 Å². The zero-order valence-electron chi connectivity index (χ0n) is 10.2. The first-order chi connectivity index (χ1) is 9.54. The lowest BCUT2D eigenvalue weighted by atomic mass is 10.2. The Balaban J connectivity index is 1.86. The Kier molecular flexibility index (Phi) is 4.75. The molecule has 5 nitrogen and oxygen atoms in total. The number of carboxylic acids is 1. The van der Waals surface area contributed by atoms with E-state index in [0.29, 0.717) is 12.2 Å². The van der Waals surface area contributed by atoms with Crippen molar-refractivity contribution in [1.29, 1.82) is 0 Å². The van der Waals surface area contributed by atoms with Crippen LogP contribution in [0.2, 0.25) is 0 Å². The van der Waals surface area contributed by atoms with E-state index in [4.69, 9.17) is 5.11 Å². The summed E-state index contributed by atoms with van der Waals surface area (Å²) in [6.07, 6.45) is 0. The third-order valence-electron chi connectivity index (χ3n) is 2.43. The summed E-state index contributed by atoms with van der Waals surface area (Å²) in [5, 5.41) is 16.1. The number of amides is 2. The third kappa shape index (κ3) is 4.07. The molecule has 0 fully saturated rings. The molecule has 0 aliphatic heterocycles. The predicted octanol–water partition coefficient (Wildman–Crippen LogP) is 3.53. The molecule has 7 heteroatoms. The van der Waals surface area contributed by atoms with Crippen LogP contribution in [-0.2, 0) is 6.54 Å². The lowest BCUT2D eigenvalue weighted by Gasteiger charge is -2.06. The molecule has 0 saturated heterocycles. The maximum absolute atomic E-state index is 11.7. The molecule has 2 rings (SSSR count). The van der Waals surface area contributed by atoms with Crippen molar-refractivity contribution in [2.45, 2.75) is 6.54 Å². The maximum Gasteiger partial charge on any atom is 0.335 e. The van der Waals surface area contributed by atoms with Gasteiger partial charge in [-0.15, -0.1) is 11.3 Å². The van der Waals surface area contributed by atoms with Crippen LogP contribution in [0.25, 0.3) is 0 Å². The molecule has 0 atom stereocenters. The SMILES string of the molecule is O=C(NCc1cc(Br)cs1)Nc1ccc(C(=O)O)cc1. The van der Waals surface area contributed by atoms with Crippen molar-refractivity contribution in [3.8, 4) is 0 Å². The minimum atomic E-state index is -0.996. The Hall–Kier alpha value is -1.86. The quantitative estimate of drug-likeness (QED) is 0.785.